The van der Waals surface area contributed by atoms with Crippen LogP contribution in [0.2, 0.25) is 0 Å². The molecule has 0 atom stereocenters. The summed E-state index contributed by atoms with van der Waals surface area (Å²) in [6.07, 6.45) is 0. The summed E-state index contributed by atoms with van der Waals surface area (Å²) in [4.78, 5) is 15.8. The van der Waals surface area contributed by atoms with Crippen molar-refractivity contribution in [2.24, 2.45) is 0 Å². The molecule has 0 aliphatic carbocycles. The molecule has 1 heterocycles. The third-order valence-corrected chi connectivity index (χ3v) is 3.33. The zero-order valence-electron chi connectivity index (χ0n) is 10.4. The highest BCUT2D eigenvalue weighted by molar-refractivity contribution is 5.94. The zero-order chi connectivity index (χ0) is 12.7. The number of hydrogen-bond acceptors (Lipinski definition) is 2. The molecule has 3 rings (SSSR count). The Morgan fingerprint density at radius 3 is 2.72 bits per heavy atom. The number of aryl methyl sites for hydroxylation is 1. The van der Waals surface area contributed by atoms with Crippen molar-refractivity contribution < 1.29 is 0 Å². The van der Waals surface area contributed by atoms with Crippen LogP contribution in [0.1, 0.15) is 5.56 Å². The van der Waals surface area contributed by atoms with Crippen LogP contribution in [0.25, 0.3) is 21.8 Å². The fraction of sp³-hybridized carbons (Fsp3) is 0.133. The van der Waals surface area contributed by atoms with Crippen LogP contribution in [0, 0.1) is 6.92 Å². The van der Waals surface area contributed by atoms with E-state index < -0.39 is 0 Å². The topological polar surface area (TPSA) is 44.9 Å². The van der Waals surface area contributed by atoms with Crippen LogP contribution in [-0.2, 0) is 0 Å². The van der Waals surface area contributed by atoms with Gasteiger partial charge in [0.05, 0.1) is 11.0 Å². The largest absolute Gasteiger partial charge is 0.388 e. The number of aromatic nitrogens is 1. The van der Waals surface area contributed by atoms with Gasteiger partial charge in [-0.15, -0.1) is 0 Å². The first kappa shape index (κ1) is 10.8. The van der Waals surface area contributed by atoms with Crippen LogP contribution in [0.5, 0.6) is 0 Å². The second kappa shape index (κ2) is 3.88. The normalized spacial score (nSPS) is 11.0. The monoisotopic (exact) mass is 238 g/mol. The van der Waals surface area contributed by atoms with Gasteiger partial charge in [0.25, 0.3) is 0 Å². The van der Waals surface area contributed by atoms with Gasteiger partial charge in [0.15, 0.2) is 5.43 Å². The number of para-hydroxylation sites is 1. The summed E-state index contributed by atoms with van der Waals surface area (Å²) in [6.45, 7) is 2.01. The lowest BCUT2D eigenvalue weighted by Gasteiger charge is -2.07. The highest BCUT2D eigenvalue weighted by Crippen LogP contribution is 2.20. The molecule has 0 saturated carbocycles. The summed E-state index contributed by atoms with van der Waals surface area (Å²) in [5, 5.41) is 4.56. The van der Waals surface area contributed by atoms with Gasteiger partial charge in [-0.1, -0.05) is 12.1 Å². The molecule has 3 nitrogen and oxygen atoms in total. The van der Waals surface area contributed by atoms with Gasteiger partial charge in [-0.3, -0.25) is 4.79 Å². The molecule has 1 aromatic heterocycles. The Morgan fingerprint density at radius 2 is 1.94 bits per heavy atom. The Labute approximate surface area is 104 Å². The molecular formula is C15H14N2O. The minimum absolute atomic E-state index is 0.0881. The van der Waals surface area contributed by atoms with E-state index in [0.29, 0.717) is 0 Å². The quantitative estimate of drug-likeness (QED) is 0.640. The van der Waals surface area contributed by atoms with Gasteiger partial charge in [-0.05, 0) is 36.8 Å². The van der Waals surface area contributed by atoms with Crippen LogP contribution >= 0.6 is 0 Å². The van der Waals surface area contributed by atoms with Gasteiger partial charge in [0.1, 0.15) is 0 Å². The highest BCUT2D eigenvalue weighted by atomic mass is 16.1. The summed E-state index contributed by atoms with van der Waals surface area (Å²) < 4.78 is 0. The lowest BCUT2D eigenvalue weighted by Crippen LogP contribution is -2.05. The van der Waals surface area contributed by atoms with E-state index in [0.717, 1.165) is 33.1 Å². The summed E-state index contributed by atoms with van der Waals surface area (Å²) >= 11 is 0. The Kier molecular flexibility index (Phi) is 2.33. The van der Waals surface area contributed by atoms with Crippen molar-refractivity contribution in [1.82, 2.24) is 4.98 Å². The summed E-state index contributed by atoms with van der Waals surface area (Å²) in [7, 11) is 1.87. The van der Waals surface area contributed by atoms with Gasteiger partial charge in [-0.25, -0.2) is 0 Å². The average molecular weight is 238 g/mol. The molecule has 2 aromatic carbocycles. The van der Waals surface area contributed by atoms with Crippen molar-refractivity contribution in [2.45, 2.75) is 6.92 Å². The van der Waals surface area contributed by atoms with E-state index in [4.69, 9.17) is 0 Å². The minimum atomic E-state index is 0.0881. The van der Waals surface area contributed by atoms with Crippen LogP contribution < -0.4 is 10.7 Å². The van der Waals surface area contributed by atoms with E-state index in [1.54, 1.807) is 0 Å². The fourth-order valence-electron chi connectivity index (χ4n) is 2.30. The molecule has 0 fully saturated rings. The van der Waals surface area contributed by atoms with Crippen LogP contribution in [0.3, 0.4) is 0 Å². The molecular weight excluding hydrogens is 224 g/mol. The molecule has 2 N–H and O–H groups in total. The van der Waals surface area contributed by atoms with Gasteiger partial charge < -0.3 is 10.3 Å². The fourth-order valence-corrected chi connectivity index (χ4v) is 2.30. The molecule has 0 spiro atoms. The number of fused-ring (bicyclic) bond motifs is 2. The number of pyridine rings is 1. The van der Waals surface area contributed by atoms with Gasteiger partial charge in [0.2, 0.25) is 0 Å². The Bertz CT molecular complexity index is 803. The van der Waals surface area contributed by atoms with Crippen molar-refractivity contribution in [3.8, 4) is 0 Å². The molecule has 0 amide bonds. The summed E-state index contributed by atoms with van der Waals surface area (Å²) in [6, 6.07) is 11.5. The van der Waals surface area contributed by atoms with Crippen molar-refractivity contribution in [1.29, 1.82) is 0 Å². The number of benzene rings is 2. The predicted octanol–water partition coefficient (Wildman–Crippen LogP) is 3.03. The first-order chi connectivity index (χ1) is 8.70. The van der Waals surface area contributed by atoms with Crippen LogP contribution in [0.4, 0.5) is 5.69 Å². The van der Waals surface area contributed by atoms with Gasteiger partial charge in [-0.2, -0.15) is 0 Å². The van der Waals surface area contributed by atoms with E-state index in [-0.39, 0.29) is 5.43 Å². The number of anilines is 1. The van der Waals surface area contributed by atoms with Crippen LogP contribution in [-0.4, -0.2) is 12.0 Å². The molecule has 0 aliphatic rings. The Hall–Kier alpha value is -2.29. The number of nitrogens with one attached hydrogen (secondary N) is 2. The van der Waals surface area contributed by atoms with E-state index in [1.165, 1.54) is 0 Å². The molecule has 3 heteroatoms. The van der Waals surface area contributed by atoms with Gasteiger partial charge >= 0.3 is 0 Å². The smallest absolute Gasteiger partial charge is 0.197 e. The maximum atomic E-state index is 12.4. The summed E-state index contributed by atoms with van der Waals surface area (Å²) in [5.74, 6) is 0. The predicted molar refractivity (Wildman–Crippen MR) is 76.4 cm³/mol. The van der Waals surface area contributed by atoms with E-state index in [9.17, 15) is 4.79 Å². The first-order valence-corrected chi connectivity index (χ1v) is 5.94. The Balaban J connectivity index is 2.53. The van der Waals surface area contributed by atoms with Crippen molar-refractivity contribution in [3.63, 3.8) is 0 Å². The molecule has 0 saturated heterocycles. The maximum absolute atomic E-state index is 12.4. The molecule has 90 valence electrons. The molecule has 3 aromatic rings. The Morgan fingerprint density at radius 1 is 1.11 bits per heavy atom. The zero-order valence-corrected chi connectivity index (χ0v) is 10.4. The van der Waals surface area contributed by atoms with Crippen LogP contribution in [0.15, 0.2) is 41.2 Å². The standard InChI is InChI=1S/C15H14N2O/c1-9-4-3-5-12-14(9)17-13-8-10(16-2)6-7-11(13)15(12)18/h3-8,16H,1-2H3,(H,17,18). The van der Waals surface area contributed by atoms with Gasteiger partial charge in [0, 0.05) is 23.5 Å². The van der Waals surface area contributed by atoms with Crippen molar-refractivity contribution >= 4 is 27.5 Å². The van der Waals surface area contributed by atoms with E-state index in [2.05, 4.69) is 10.3 Å². The molecule has 18 heavy (non-hydrogen) atoms. The molecule has 0 bridgehead atoms. The SMILES string of the molecule is CNc1ccc2c(=O)c3cccc(C)c3[nH]c2c1. The highest BCUT2D eigenvalue weighted by Gasteiger charge is 2.06. The van der Waals surface area contributed by atoms with E-state index in [1.807, 2.05) is 50.4 Å². The summed E-state index contributed by atoms with van der Waals surface area (Å²) in [5.41, 5.74) is 3.95. The second-order valence-corrected chi connectivity index (χ2v) is 4.46. The van der Waals surface area contributed by atoms with Crippen molar-refractivity contribution in [2.75, 3.05) is 12.4 Å². The number of H-pyrrole nitrogens is 1. The number of rotatable bonds is 1. The third-order valence-electron chi connectivity index (χ3n) is 3.33. The lowest BCUT2D eigenvalue weighted by atomic mass is 10.1. The lowest BCUT2D eigenvalue weighted by molar-refractivity contribution is 1.41. The molecule has 0 radical (unpaired) electrons. The average Bonchev–Trinajstić information content (AvgIpc) is 2.40. The number of hydrogen-bond donors (Lipinski definition) is 2. The molecule has 0 aliphatic heterocycles. The third kappa shape index (κ3) is 1.48. The second-order valence-electron chi connectivity index (χ2n) is 4.46. The maximum Gasteiger partial charge on any atom is 0.197 e. The van der Waals surface area contributed by atoms with E-state index >= 15 is 0 Å². The van der Waals surface area contributed by atoms with Crippen molar-refractivity contribution in [3.05, 3.63) is 52.2 Å². The number of aromatic amines is 1. The minimum Gasteiger partial charge on any atom is -0.388 e. The molecule has 0 unspecified atom stereocenters. The first-order valence-electron chi connectivity index (χ1n) is 5.94.